The van der Waals surface area contributed by atoms with Crippen LogP contribution in [0.15, 0.2) is 40.9 Å². The van der Waals surface area contributed by atoms with Crippen LogP contribution in [0.3, 0.4) is 0 Å². The summed E-state index contributed by atoms with van der Waals surface area (Å²) in [6, 6.07) is 10.3. The van der Waals surface area contributed by atoms with Gasteiger partial charge in [0.15, 0.2) is 17.4 Å². The lowest BCUT2D eigenvalue weighted by atomic mass is 10.2. The first-order valence-electron chi connectivity index (χ1n) is 7.33. The smallest absolute Gasteiger partial charge is 0.190 e. The number of ether oxygens (including phenoxy) is 1. The molecule has 0 bridgehead atoms. The number of aliphatic hydroxyl groups is 1. The van der Waals surface area contributed by atoms with E-state index in [9.17, 15) is 13.9 Å². The molecule has 0 radical (unpaired) electrons. The van der Waals surface area contributed by atoms with Gasteiger partial charge in [-0.15, -0.1) is 12.4 Å². The van der Waals surface area contributed by atoms with Crippen LogP contribution in [0.5, 0.6) is 5.75 Å². The van der Waals surface area contributed by atoms with Crippen molar-refractivity contribution in [3.8, 4) is 5.75 Å². The standard InChI is InChI=1S/C17H16BrF2NO2.ClH/c18-12-7-14(19)17(15(20)8-12)23-10-13(22)9-21-6-5-11-3-1-2-4-16(11)21;/h1-4,7-8,13,22H,5-6,9-10H2;1H. The molecule has 2 aromatic carbocycles. The number of rotatable bonds is 5. The van der Waals surface area contributed by atoms with Crippen LogP contribution < -0.4 is 9.64 Å². The van der Waals surface area contributed by atoms with Gasteiger partial charge in [0.05, 0.1) is 0 Å². The van der Waals surface area contributed by atoms with Crippen molar-refractivity contribution in [1.29, 1.82) is 0 Å². The van der Waals surface area contributed by atoms with Gasteiger partial charge in [0.1, 0.15) is 12.7 Å². The maximum Gasteiger partial charge on any atom is 0.190 e. The molecule has 7 heteroatoms. The Balaban J connectivity index is 0.00000208. The summed E-state index contributed by atoms with van der Waals surface area (Å²) in [7, 11) is 0. The van der Waals surface area contributed by atoms with Crippen molar-refractivity contribution in [2.45, 2.75) is 12.5 Å². The molecule has 2 aromatic rings. The summed E-state index contributed by atoms with van der Waals surface area (Å²) in [6.07, 6.45) is 0.0864. The van der Waals surface area contributed by atoms with Gasteiger partial charge in [-0.25, -0.2) is 8.78 Å². The number of aliphatic hydroxyl groups excluding tert-OH is 1. The Morgan fingerprint density at radius 2 is 1.88 bits per heavy atom. The minimum Gasteiger partial charge on any atom is -0.485 e. The van der Waals surface area contributed by atoms with Crippen LogP contribution in [0.1, 0.15) is 5.56 Å². The van der Waals surface area contributed by atoms with Crippen LogP contribution in [0.4, 0.5) is 14.5 Å². The molecule has 0 saturated heterocycles. The first kappa shape index (κ1) is 19.0. The minimum absolute atomic E-state index is 0. The summed E-state index contributed by atoms with van der Waals surface area (Å²) < 4.78 is 32.8. The average Bonchev–Trinajstić information content (AvgIpc) is 2.89. The minimum atomic E-state index is -0.844. The van der Waals surface area contributed by atoms with Crippen molar-refractivity contribution < 1.29 is 18.6 Å². The molecule has 0 fully saturated rings. The second-order valence-corrected chi connectivity index (χ2v) is 6.40. The van der Waals surface area contributed by atoms with Crippen molar-refractivity contribution in [3.63, 3.8) is 0 Å². The molecule has 24 heavy (non-hydrogen) atoms. The average molecular weight is 421 g/mol. The molecule has 1 atom stereocenters. The van der Waals surface area contributed by atoms with Gasteiger partial charge in [0, 0.05) is 23.2 Å². The number of β-amino-alcohol motifs (C(OH)–C–C–N with tert-alkyl or cyclic N) is 1. The number of benzene rings is 2. The highest BCUT2D eigenvalue weighted by molar-refractivity contribution is 9.10. The summed E-state index contributed by atoms with van der Waals surface area (Å²) in [6.45, 7) is 1.00. The van der Waals surface area contributed by atoms with Crippen molar-refractivity contribution in [1.82, 2.24) is 0 Å². The fraction of sp³-hybridized carbons (Fsp3) is 0.294. The van der Waals surface area contributed by atoms with Crippen molar-refractivity contribution in [2.75, 3.05) is 24.6 Å². The Labute approximate surface area is 153 Å². The van der Waals surface area contributed by atoms with E-state index >= 15 is 0 Å². The van der Waals surface area contributed by atoms with Crippen LogP contribution >= 0.6 is 28.3 Å². The molecule has 0 aromatic heterocycles. The van der Waals surface area contributed by atoms with Gasteiger partial charge in [-0.1, -0.05) is 34.1 Å². The number of hydrogen-bond donors (Lipinski definition) is 1. The van der Waals surface area contributed by atoms with E-state index in [4.69, 9.17) is 4.74 Å². The molecule has 0 saturated carbocycles. The SMILES string of the molecule is Cl.OC(COc1c(F)cc(Br)cc1F)CN1CCc2ccccc21. The first-order valence-corrected chi connectivity index (χ1v) is 8.12. The molecule has 1 heterocycles. The maximum absolute atomic E-state index is 13.7. The summed E-state index contributed by atoms with van der Waals surface area (Å²) in [5.74, 6) is -2.06. The number of nitrogens with zero attached hydrogens (tertiary/aromatic N) is 1. The number of halogens is 4. The van der Waals surface area contributed by atoms with E-state index in [1.807, 2.05) is 18.2 Å². The Morgan fingerprint density at radius 3 is 2.58 bits per heavy atom. The molecule has 1 aliphatic heterocycles. The zero-order valence-electron chi connectivity index (χ0n) is 12.7. The number of para-hydroxylation sites is 1. The van der Waals surface area contributed by atoms with E-state index in [0.717, 1.165) is 30.8 Å². The van der Waals surface area contributed by atoms with E-state index in [1.54, 1.807) is 0 Å². The van der Waals surface area contributed by atoms with Gasteiger partial charge in [-0.2, -0.15) is 0 Å². The van der Waals surface area contributed by atoms with Crippen LogP contribution in [-0.4, -0.2) is 30.9 Å². The monoisotopic (exact) mass is 419 g/mol. The molecule has 3 nitrogen and oxygen atoms in total. The Bertz CT molecular complexity index is 694. The maximum atomic E-state index is 13.7. The van der Waals surface area contributed by atoms with E-state index in [1.165, 1.54) is 5.56 Å². The van der Waals surface area contributed by atoms with Crippen molar-refractivity contribution in [3.05, 3.63) is 58.1 Å². The number of fused-ring (bicyclic) bond motifs is 1. The van der Waals surface area contributed by atoms with E-state index < -0.39 is 23.5 Å². The second-order valence-electron chi connectivity index (χ2n) is 5.49. The summed E-state index contributed by atoms with van der Waals surface area (Å²) in [4.78, 5) is 2.05. The van der Waals surface area contributed by atoms with Crippen LogP contribution in [0, 0.1) is 11.6 Å². The van der Waals surface area contributed by atoms with Crippen molar-refractivity contribution in [2.24, 2.45) is 0 Å². The lowest BCUT2D eigenvalue weighted by Crippen LogP contribution is -2.34. The van der Waals surface area contributed by atoms with Gasteiger partial charge in [0.25, 0.3) is 0 Å². The fourth-order valence-corrected chi connectivity index (χ4v) is 3.15. The Hall–Kier alpha value is -1.37. The van der Waals surface area contributed by atoms with Gasteiger partial charge < -0.3 is 14.7 Å². The third-order valence-electron chi connectivity index (χ3n) is 3.80. The molecule has 1 unspecified atom stereocenters. The fourth-order valence-electron chi connectivity index (χ4n) is 2.75. The molecule has 0 spiro atoms. The first-order chi connectivity index (χ1) is 11.0. The predicted molar refractivity (Wildman–Crippen MR) is 95.2 cm³/mol. The molecule has 130 valence electrons. The van der Waals surface area contributed by atoms with Gasteiger partial charge in [0.2, 0.25) is 0 Å². The van der Waals surface area contributed by atoms with Gasteiger partial charge in [-0.05, 0) is 30.2 Å². The molecule has 1 N–H and O–H groups in total. The highest BCUT2D eigenvalue weighted by Gasteiger charge is 2.21. The lowest BCUT2D eigenvalue weighted by molar-refractivity contribution is 0.107. The summed E-state index contributed by atoms with van der Waals surface area (Å²) >= 11 is 3.01. The van der Waals surface area contributed by atoms with E-state index in [0.29, 0.717) is 11.0 Å². The molecule has 3 rings (SSSR count). The van der Waals surface area contributed by atoms with Crippen LogP contribution in [0.25, 0.3) is 0 Å². The highest BCUT2D eigenvalue weighted by atomic mass is 79.9. The van der Waals surface area contributed by atoms with E-state index in [-0.39, 0.29) is 19.0 Å². The molecule has 0 amide bonds. The normalized spacial score (nSPS) is 14.1. The molecule has 0 aliphatic carbocycles. The topological polar surface area (TPSA) is 32.7 Å². The third-order valence-corrected chi connectivity index (χ3v) is 4.26. The zero-order chi connectivity index (χ0) is 16.4. The highest BCUT2D eigenvalue weighted by Crippen LogP contribution is 2.28. The number of anilines is 1. The van der Waals surface area contributed by atoms with Crippen LogP contribution in [0.2, 0.25) is 0 Å². The van der Waals surface area contributed by atoms with Crippen LogP contribution in [-0.2, 0) is 6.42 Å². The summed E-state index contributed by atoms with van der Waals surface area (Å²) in [5.41, 5.74) is 2.33. The van der Waals surface area contributed by atoms with Gasteiger partial charge in [-0.3, -0.25) is 0 Å². The lowest BCUT2D eigenvalue weighted by Gasteiger charge is -2.23. The largest absolute Gasteiger partial charge is 0.485 e. The second kappa shape index (κ2) is 8.14. The predicted octanol–water partition coefficient (Wildman–Crippen LogP) is 3.95. The number of hydrogen-bond acceptors (Lipinski definition) is 3. The quantitative estimate of drug-likeness (QED) is 0.795. The third kappa shape index (κ3) is 4.18. The molecular formula is C17H17BrClF2NO2. The zero-order valence-corrected chi connectivity index (χ0v) is 15.1. The Kier molecular flexibility index (Phi) is 6.43. The molecule has 1 aliphatic rings. The van der Waals surface area contributed by atoms with Gasteiger partial charge >= 0.3 is 0 Å². The summed E-state index contributed by atoms with van der Waals surface area (Å²) in [5, 5.41) is 10.1. The molecular weight excluding hydrogens is 404 g/mol. The van der Waals surface area contributed by atoms with E-state index in [2.05, 4.69) is 26.9 Å². The Morgan fingerprint density at radius 1 is 1.21 bits per heavy atom. The van der Waals surface area contributed by atoms with Crippen molar-refractivity contribution >= 4 is 34.0 Å².